The first-order valence-electron chi connectivity index (χ1n) is 13.7. The molecule has 0 saturated heterocycles. The first-order chi connectivity index (χ1) is 23.0. The molecular weight excluding hydrogens is 745 g/mol. The van der Waals surface area contributed by atoms with Gasteiger partial charge in [-0.05, 0) is 47.9 Å². The average molecular weight is 768 g/mol. The number of urea groups is 1. The van der Waals surface area contributed by atoms with Gasteiger partial charge in [0.25, 0.3) is 10.1 Å². The molecule has 3 amide bonds. The molecular formula is C28H23N4O14S4+. The lowest BCUT2D eigenvalue weighted by Gasteiger charge is -2.35. The Balaban J connectivity index is 2.10. The van der Waals surface area contributed by atoms with Crippen LogP contribution in [0.4, 0.5) is 27.5 Å². The van der Waals surface area contributed by atoms with Crippen molar-refractivity contribution >= 4 is 96.7 Å². The highest BCUT2D eigenvalue weighted by Crippen LogP contribution is 2.53. The molecule has 50 heavy (non-hydrogen) atoms. The predicted molar refractivity (Wildman–Crippen MR) is 177 cm³/mol. The zero-order chi connectivity index (χ0) is 36.9. The number of benzene rings is 4. The van der Waals surface area contributed by atoms with Gasteiger partial charge in [-0.2, -0.15) is 38.2 Å². The second-order valence-electron chi connectivity index (χ2n) is 11.2. The zero-order valence-corrected chi connectivity index (χ0v) is 28.5. The molecule has 1 aliphatic heterocycles. The molecule has 2 heterocycles. The van der Waals surface area contributed by atoms with E-state index in [2.05, 4.69) is 10.6 Å². The van der Waals surface area contributed by atoms with Crippen LogP contribution >= 0.6 is 0 Å². The third kappa shape index (κ3) is 5.42. The summed E-state index contributed by atoms with van der Waals surface area (Å²) in [6.07, 6.45) is 1.34. The number of aryl methyl sites for hydroxylation is 1. The second kappa shape index (κ2) is 11.1. The van der Waals surface area contributed by atoms with Gasteiger partial charge in [-0.15, -0.1) is 0 Å². The van der Waals surface area contributed by atoms with Gasteiger partial charge in [0.1, 0.15) is 10.6 Å². The summed E-state index contributed by atoms with van der Waals surface area (Å²) in [7, 11) is -20.6. The first kappa shape index (κ1) is 35.1. The largest absolute Gasteiger partial charge is 0.372 e. The predicted octanol–water partition coefficient (Wildman–Crippen LogP) is 3.38. The van der Waals surface area contributed by atoms with Crippen LogP contribution in [0, 0.1) is 0 Å². The molecule has 0 saturated carbocycles. The summed E-state index contributed by atoms with van der Waals surface area (Å²) in [5.74, 6) is -1.35. The summed E-state index contributed by atoms with van der Waals surface area (Å²) in [6, 6.07) is 8.95. The van der Waals surface area contributed by atoms with E-state index in [4.69, 9.17) is 0 Å². The Bertz CT molecular complexity index is 2830. The SMILES string of the molecule is Cn1cccc1C(=O)[N+]1(C)c2c(S(=O)(=O)O)cc3cccc(c3c2S(=O)(=O)O)NC(=O)Nc2cccc3c1c(S(=O)(=O)O)cc(S(=O)(=O)O)c23. The lowest BCUT2D eigenvalue weighted by Crippen LogP contribution is -2.49. The molecule has 0 aliphatic carbocycles. The van der Waals surface area contributed by atoms with Crippen LogP contribution in [-0.2, 0) is 47.5 Å². The summed E-state index contributed by atoms with van der Waals surface area (Å²) in [4.78, 5) is 23.0. The van der Waals surface area contributed by atoms with Gasteiger partial charge in [0.2, 0.25) is 0 Å². The fourth-order valence-corrected chi connectivity index (χ4v) is 9.75. The van der Waals surface area contributed by atoms with Gasteiger partial charge >= 0.3 is 42.3 Å². The van der Waals surface area contributed by atoms with E-state index in [9.17, 15) is 56.7 Å². The van der Waals surface area contributed by atoms with Gasteiger partial charge < -0.3 is 15.2 Å². The summed E-state index contributed by atoms with van der Waals surface area (Å²) in [6.45, 7) is 0. The fourth-order valence-electron chi connectivity index (χ4n) is 6.24. The van der Waals surface area contributed by atoms with E-state index >= 15 is 4.79 Å². The third-order valence-corrected chi connectivity index (χ3v) is 11.7. The van der Waals surface area contributed by atoms with Crippen molar-refractivity contribution in [1.82, 2.24) is 9.05 Å². The van der Waals surface area contributed by atoms with Crippen LogP contribution in [0.1, 0.15) is 10.5 Å². The molecule has 6 N–H and O–H groups in total. The molecule has 1 aliphatic rings. The molecule has 22 heteroatoms. The Morgan fingerprint density at radius 3 is 1.74 bits per heavy atom. The van der Waals surface area contributed by atoms with E-state index in [-0.39, 0.29) is 17.1 Å². The Morgan fingerprint density at radius 1 is 0.680 bits per heavy atom. The molecule has 1 atom stereocenters. The molecule has 4 aromatic carbocycles. The van der Waals surface area contributed by atoms with Gasteiger partial charge in [-0.1, -0.05) is 18.2 Å². The molecule has 0 radical (unpaired) electrons. The second-order valence-corrected chi connectivity index (χ2v) is 16.7. The van der Waals surface area contributed by atoms with Gasteiger partial charge in [0, 0.05) is 29.4 Å². The van der Waals surface area contributed by atoms with Crippen molar-refractivity contribution in [3.8, 4) is 0 Å². The molecule has 5 aromatic rings. The lowest BCUT2D eigenvalue weighted by atomic mass is 10.0. The van der Waals surface area contributed by atoms with Gasteiger partial charge in [-0.25, -0.2) is 9.59 Å². The van der Waals surface area contributed by atoms with Crippen molar-refractivity contribution in [3.63, 3.8) is 0 Å². The van der Waals surface area contributed by atoms with Crippen LogP contribution in [0.5, 0.6) is 0 Å². The number of fused-ring (bicyclic) bond motifs is 1. The van der Waals surface area contributed by atoms with Crippen LogP contribution in [0.15, 0.2) is 86.4 Å². The number of aromatic nitrogens is 1. The van der Waals surface area contributed by atoms with E-state index in [1.54, 1.807) is 0 Å². The van der Waals surface area contributed by atoms with Crippen molar-refractivity contribution in [2.75, 3.05) is 17.7 Å². The summed E-state index contributed by atoms with van der Waals surface area (Å²) < 4.78 is 147. The zero-order valence-electron chi connectivity index (χ0n) is 25.2. The van der Waals surface area contributed by atoms with E-state index < -0.39 is 115 Å². The maximum absolute atomic E-state index is 15.0. The van der Waals surface area contributed by atoms with Crippen LogP contribution in [0.3, 0.4) is 0 Å². The van der Waals surface area contributed by atoms with E-state index in [0.29, 0.717) is 6.07 Å². The van der Waals surface area contributed by atoms with Crippen LogP contribution in [0.2, 0.25) is 0 Å². The normalized spacial score (nSPS) is 17.0. The van der Waals surface area contributed by atoms with Crippen LogP contribution < -0.4 is 15.1 Å². The highest BCUT2D eigenvalue weighted by Gasteiger charge is 2.52. The van der Waals surface area contributed by atoms with E-state index in [1.807, 2.05) is 0 Å². The maximum Gasteiger partial charge on any atom is 0.372 e. The standard InChI is InChI=1S/C28H22N4O14S4/c1-31-11-5-10-18(31)27(33)32(2)24-15-7-4-9-17(23(15)19(47(35,36)37)13-21(24)49(41,42)43)30-28(34)29-16-8-3-6-14-12-20(48(38,39)40)25(32)26(22(14)16)50(44,45)46/h3-13H,1-2H3,(H5-,29,30,34,35,36,37,38,39,40,41,42,43,44,45,46)/p+1. The van der Waals surface area contributed by atoms with Crippen LogP contribution in [0.25, 0.3) is 21.5 Å². The third-order valence-electron chi connectivity index (χ3n) is 8.17. The number of amides is 3. The van der Waals surface area contributed by atoms with Crippen molar-refractivity contribution in [2.45, 2.75) is 19.6 Å². The minimum Gasteiger partial charge on any atom is -0.343 e. The molecule has 0 fully saturated rings. The van der Waals surface area contributed by atoms with E-state index in [1.165, 1.54) is 36.0 Å². The number of carbonyl (C=O) groups is 2. The quantitative estimate of drug-likeness (QED) is 0.110. The monoisotopic (exact) mass is 767 g/mol. The number of anilines is 2. The maximum atomic E-state index is 15.0. The minimum absolute atomic E-state index is 0.221. The molecule has 6 bridgehead atoms. The number of nitrogens with zero attached hydrogens (tertiary/aromatic N) is 2. The Hall–Kier alpha value is -4.78. The molecule has 6 rings (SSSR count). The van der Waals surface area contributed by atoms with Crippen molar-refractivity contribution in [1.29, 1.82) is 0 Å². The number of quaternary nitrogens is 1. The van der Waals surface area contributed by atoms with Gasteiger partial charge in [-0.3, -0.25) is 18.2 Å². The minimum atomic E-state index is -5.79. The smallest absolute Gasteiger partial charge is 0.343 e. The first-order valence-corrected chi connectivity index (χ1v) is 19.4. The molecule has 0 spiro atoms. The lowest BCUT2D eigenvalue weighted by molar-refractivity contribution is 0.0847. The molecule has 1 aromatic heterocycles. The van der Waals surface area contributed by atoms with Gasteiger partial charge in [0.15, 0.2) is 26.1 Å². The Kier molecular flexibility index (Phi) is 7.79. The highest BCUT2D eigenvalue weighted by atomic mass is 32.2. The number of hydrogen-bond acceptors (Lipinski definition) is 10. The number of hydrogen-bond donors (Lipinski definition) is 6. The Morgan fingerprint density at radius 2 is 1.22 bits per heavy atom. The van der Waals surface area contributed by atoms with Gasteiger partial charge in [0.05, 0.1) is 18.4 Å². The summed E-state index contributed by atoms with van der Waals surface area (Å²) >= 11 is 0. The van der Waals surface area contributed by atoms with Crippen molar-refractivity contribution in [3.05, 3.63) is 72.6 Å². The molecule has 262 valence electrons. The summed E-state index contributed by atoms with van der Waals surface area (Å²) in [5.41, 5.74) is -3.57. The number of nitrogens with one attached hydrogen (secondary N) is 2. The average Bonchev–Trinajstić information content (AvgIpc) is 3.42. The molecule has 1 unspecified atom stereocenters. The van der Waals surface area contributed by atoms with Crippen molar-refractivity contribution < 1.29 is 61.5 Å². The molecule has 18 nitrogen and oxygen atoms in total. The number of rotatable bonds is 5. The topological polar surface area (TPSA) is 281 Å². The van der Waals surface area contributed by atoms with E-state index in [0.717, 1.165) is 37.4 Å². The fraction of sp³-hybridized carbons (Fsp3) is 0.0714. The highest BCUT2D eigenvalue weighted by molar-refractivity contribution is 7.87. The van der Waals surface area contributed by atoms with Crippen molar-refractivity contribution in [2.24, 2.45) is 7.05 Å². The summed E-state index contributed by atoms with van der Waals surface area (Å²) in [5, 5.41) is 2.34. The van der Waals surface area contributed by atoms with Crippen LogP contribution in [-0.4, -0.2) is 75.4 Å². The number of carbonyl (C=O) groups excluding carboxylic acids is 2. The Labute approximate surface area is 283 Å².